The highest BCUT2D eigenvalue weighted by molar-refractivity contribution is 7.07. The topological polar surface area (TPSA) is 53.6 Å². The molecular formula is C13H22N4S. The van der Waals surface area contributed by atoms with Gasteiger partial charge in [-0.3, -0.25) is 4.90 Å². The Morgan fingerprint density at radius 2 is 2.56 bits per heavy atom. The number of aliphatic imine (C=N–C) groups is 1. The summed E-state index contributed by atoms with van der Waals surface area (Å²) in [5, 5.41) is 7.41. The number of likely N-dealkylation sites (N-methyl/N-ethyl adjacent to an activating group) is 1. The van der Waals surface area contributed by atoms with Crippen LogP contribution in [0, 0.1) is 0 Å². The highest BCUT2D eigenvalue weighted by Crippen LogP contribution is 2.15. The molecule has 1 aliphatic rings. The number of hydrogen-bond acceptors (Lipinski definition) is 3. The number of rotatable bonds is 5. The van der Waals surface area contributed by atoms with Crippen molar-refractivity contribution in [1.29, 1.82) is 0 Å². The van der Waals surface area contributed by atoms with Crippen molar-refractivity contribution in [3.05, 3.63) is 22.4 Å². The first kappa shape index (κ1) is 13.4. The first-order chi connectivity index (χ1) is 8.79. The van der Waals surface area contributed by atoms with Crippen LogP contribution in [0.4, 0.5) is 0 Å². The monoisotopic (exact) mass is 266 g/mol. The smallest absolute Gasteiger partial charge is 0.188 e. The predicted molar refractivity (Wildman–Crippen MR) is 77.9 cm³/mol. The van der Waals surface area contributed by atoms with E-state index in [1.165, 1.54) is 24.9 Å². The molecule has 4 nitrogen and oxygen atoms in total. The predicted octanol–water partition coefficient (Wildman–Crippen LogP) is 1.64. The second-order valence-corrected chi connectivity index (χ2v) is 5.42. The van der Waals surface area contributed by atoms with E-state index in [1.807, 2.05) is 0 Å². The van der Waals surface area contributed by atoms with Crippen LogP contribution in [0.15, 0.2) is 21.8 Å². The Labute approximate surface area is 113 Å². The zero-order chi connectivity index (χ0) is 12.8. The van der Waals surface area contributed by atoms with Crippen LogP contribution < -0.4 is 11.1 Å². The number of nitrogens with zero attached hydrogens (tertiary/aromatic N) is 2. The van der Waals surface area contributed by atoms with E-state index in [9.17, 15) is 0 Å². The van der Waals surface area contributed by atoms with Crippen molar-refractivity contribution in [3.63, 3.8) is 0 Å². The summed E-state index contributed by atoms with van der Waals surface area (Å²) in [6.45, 7) is 6.14. The standard InChI is InChI=1S/C13H22N4S/c1-2-17-6-3-4-12(17)9-16-13(14)15-8-11-5-7-18-10-11/h5,7,10,12H,2-4,6,8-9H2,1H3,(H3,14,15,16). The summed E-state index contributed by atoms with van der Waals surface area (Å²) in [7, 11) is 0. The lowest BCUT2D eigenvalue weighted by Gasteiger charge is -2.23. The molecule has 3 N–H and O–H groups in total. The second-order valence-electron chi connectivity index (χ2n) is 4.64. The van der Waals surface area contributed by atoms with Crippen LogP contribution in [0.25, 0.3) is 0 Å². The summed E-state index contributed by atoms with van der Waals surface area (Å²) < 4.78 is 0. The SMILES string of the molecule is CCN1CCCC1CNC(N)=NCc1ccsc1. The average Bonchev–Trinajstić information content (AvgIpc) is 3.04. The van der Waals surface area contributed by atoms with Crippen molar-refractivity contribution in [2.75, 3.05) is 19.6 Å². The minimum Gasteiger partial charge on any atom is -0.370 e. The molecule has 1 aliphatic heterocycles. The Kier molecular flexibility index (Phi) is 5.01. The fraction of sp³-hybridized carbons (Fsp3) is 0.615. The Bertz CT molecular complexity index is 374. The van der Waals surface area contributed by atoms with Gasteiger partial charge in [-0.1, -0.05) is 6.92 Å². The average molecular weight is 266 g/mol. The molecule has 0 bridgehead atoms. The van der Waals surface area contributed by atoms with E-state index in [2.05, 4.69) is 39.0 Å². The summed E-state index contributed by atoms with van der Waals surface area (Å²) in [4.78, 5) is 6.85. The molecule has 0 saturated carbocycles. The molecule has 2 rings (SSSR count). The molecule has 0 aliphatic carbocycles. The third-order valence-electron chi connectivity index (χ3n) is 3.44. The maximum absolute atomic E-state index is 5.88. The maximum atomic E-state index is 5.88. The van der Waals surface area contributed by atoms with Gasteiger partial charge in [-0.15, -0.1) is 0 Å². The molecule has 1 aromatic heterocycles. The van der Waals surface area contributed by atoms with E-state index >= 15 is 0 Å². The van der Waals surface area contributed by atoms with Gasteiger partial charge in [-0.2, -0.15) is 11.3 Å². The van der Waals surface area contributed by atoms with E-state index in [1.54, 1.807) is 11.3 Å². The van der Waals surface area contributed by atoms with Gasteiger partial charge >= 0.3 is 0 Å². The van der Waals surface area contributed by atoms with E-state index in [4.69, 9.17) is 5.73 Å². The quantitative estimate of drug-likeness (QED) is 0.629. The lowest BCUT2D eigenvalue weighted by Crippen LogP contribution is -2.42. The third-order valence-corrected chi connectivity index (χ3v) is 4.17. The summed E-state index contributed by atoms with van der Waals surface area (Å²) in [6, 6.07) is 2.70. The Morgan fingerprint density at radius 1 is 1.67 bits per heavy atom. The summed E-state index contributed by atoms with van der Waals surface area (Å²) >= 11 is 1.69. The minimum atomic E-state index is 0.559. The number of thiophene rings is 1. The van der Waals surface area contributed by atoms with Crippen molar-refractivity contribution >= 4 is 17.3 Å². The molecule has 18 heavy (non-hydrogen) atoms. The second kappa shape index (κ2) is 6.75. The van der Waals surface area contributed by atoms with Crippen LogP contribution in [0.1, 0.15) is 25.3 Å². The molecule has 0 amide bonds. The molecule has 0 aromatic carbocycles. The van der Waals surface area contributed by atoms with Gasteiger partial charge in [0.1, 0.15) is 0 Å². The van der Waals surface area contributed by atoms with Gasteiger partial charge in [0.2, 0.25) is 0 Å². The first-order valence-electron chi connectivity index (χ1n) is 6.58. The molecule has 1 unspecified atom stereocenters. The van der Waals surface area contributed by atoms with E-state index < -0.39 is 0 Å². The number of guanidine groups is 1. The molecule has 0 spiro atoms. The zero-order valence-electron chi connectivity index (χ0n) is 10.9. The molecule has 5 heteroatoms. The van der Waals surface area contributed by atoms with Crippen LogP contribution in [0.3, 0.4) is 0 Å². The van der Waals surface area contributed by atoms with Crippen LogP contribution in [0.5, 0.6) is 0 Å². The van der Waals surface area contributed by atoms with Gasteiger partial charge in [0, 0.05) is 12.6 Å². The zero-order valence-corrected chi connectivity index (χ0v) is 11.7. The van der Waals surface area contributed by atoms with Crippen molar-refractivity contribution in [3.8, 4) is 0 Å². The fourth-order valence-corrected chi connectivity index (χ4v) is 3.04. The third kappa shape index (κ3) is 3.71. The van der Waals surface area contributed by atoms with E-state index in [0.29, 0.717) is 18.5 Å². The van der Waals surface area contributed by atoms with Crippen LogP contribution in [-0.4, -0.2) is 36.5 Å². The molecule has 1 aromatic rings. The summed E-state index contributed by atoms with van der Waals surface area (Å²) in [6.07, 6.45) is 2.56. The number of hydrogen-bond donors (Lipinski definition) is 2. The van der Waals surface area contributed by atoms with Crippen molar-refractivity contribution in [1.82, 2.24) is 10.2 Å². The van der Waals surface area contributed by atoms with Crippen molar-refractivity contribution in [2.45, 2.75) is 32.4 Å². The Morgan fingerprint density at radius 3 is 3.28 bits per heavy atom. The number of likely N-dealkylation sites (tertiary alicyclic amines) is 1. The molecule has 2 heterocycles. The van der Waals surface area contributed by atoms with E-state index in [0.717, 1.165) is 13.1 Å². The highest BCUT2D eigenvalue weighted by Gasteiger charge is 2.22. The largest absolute Gasteiger partial charge is 0.370 e. The first-order valence-corrected chi connectivity index (χ1v) is 7.52. The van der Waals surface area contributed by atoms with Gasteiger partial charge in [-0.05, 0) is 48.3 Å². The van der Waals surface area contributed by atoms with Crippen LogP contribution in [-0.2, 0) is 6.54 Å². The molecule has 100 valence electrons. The molecule has 1 fully saturated rings. The van der Waals surface area contributed by atoms with Gasteiger partial charge in [-0.25, -0.2) is 4.99 Å². The number of nitrogens with one attached hydrogen (secondary N) is 1. The van der Waals surface area contributed by atoms with Gasteiger partial charge in [0.25, 0.3) is 0 Å². The normalized spacial score (nSPS) is 21.4. The van der Waals surface area contributed by atoms with Gasteiger partial charge in [0.05, 0.1) is 6.54 Å². The van der Waals surface area contributed by atoms with E-state index in [-0.39, 0.29) is 0 Å². The lowest BCUT2D eigenvalue weighted by atomic mass is 10.2. The van der Waals surface area contributed by atoms with Crippen LogP contribution >= 0.6 is 11.3 Å². The fourth-order valence-electron chi connectivity index (χ4n) is 2.38. The Balaban J connectivity index is 1.74. The van der Waals surface area contributed by atoms with Crippen molar-refractivity contribution in [2.24, 2.45) is 10.7 Å². The molecule has 1 atom stereocenters. The molecule has 0 radical (unpaired) electrons. The number of nitrogens with two attached hydrogens (primary N) is 1. The highest BCUT2D eigenvalue weighted by atomic mass is 32.1. The van der Waals surface area contributed by atoms with Gasteiger partial charge in [0.15, 0.2) is 5.96 Å². The molecular weight excluding hydrogens is 244 g/mol. The summed E-state index contributed by atoms with van der Waals surface area (Å²) in [5.74, 6) is 0.559. The molecule has 1 saturated heterocycles. The lowest BCUT2D eigenvalue weighted by molar-refractivity contribution is 0.267. The maximum Gasteiger partial charge on any atom is 0.188 e. The van der Waals surface area contributed by atoms with Crippen molar-refractivity contribution < 1.29 is 0 Å². The summed E-state index contributed by atoms with van der Waals surface area (Å²) in [5.41, 5.74) is 7.10. The minimum absolute atomic E-state index is 0.559. The Hall–Kier alpha value is -1.07. The van der Waals surface area contributed by atoms with Crippen LogP contribution in [0.2, 0.25) is 0 Å². The van der Waals surface area contributed by atoms with Gasteiger partial charge < -0.3 is 11.1 Å².